The predicted octanol–water partition coefficient (Wildman–Crippen LogP) is 3.45. The largest absolute Gasteiger partial charge is 0.398 e. The molecule has 20 heavy (non-hydrogen) atoms. The molecule has 1 aliphatic rings. The number of fused-ring (bicyclic) bond motifs is 1. The summed E-state index contributed by atoms with van der Waals surface area (Å²) in [5.74, 6) is -0.0738. The molecule has 3 rings (SSSR count). The van der Waals surface area contributed by atoms with Gasteiger partial charge < -0.3 is 11.1 Å². The Bertz CT molecular complexity index is 648. The zero-order valence-electron chi connectivity index (χ0n) is 11.5. The highest BCUT2D eigenvalue weighted by Crippen LogP contribution is 2.33. The minimum atomic E-state index is -0.0738. The standard InChI is InChI=1S/C16H18N2OS/c1-10-5-6-13(17)12(9-10)16(19)18-14-3-2-4-15-11(14)7-8-20-15/h5-9,14H,2-4,17H2,1H3,(H,18,19). The Morgan fingerprint density at radius 1 is 1.40 bits per heavy atom. The van der Waals surface area contributed by atoms with E-state index in [2.05, 4.69) is 16.8 Å². The van der Waals surface area contributed by atoms with Crippen molar-refractivity contribution in [3.05, 3.63) is 51.2 Å². The summed E-state index contributed by atoms with van der Waals surface area (Å²) in [4.78, 5) is 13.8. The summed E-state index contributed by atoms with van der Waals surface area (Å²) in [5, 5.41) is 5.24. The number of anilines is 1. The lowest BCUT2D eigenvalue weighted by atomic mass is 9.93. The number of aryl methyl sites for hydroxylation is 2. The predicted molar refractivity (Wildman–Crippen MR) is 83.1 cm³/mol. The van der Waals surface area contributed by atoms with Crippen LogP contribution >= 0.6 is 11.3 Å². The van der Waals surface area contributed by atoms with Gasteiger partial charge in [0.1, 0.15) is 0 Å². The van der Waals surface area contributed by atoms with Gasteiger partial charge in [-0.2, -0.15) is 0 Å². The molecule has 3 N–H and O–H groups in total. The van der Waals surface area contributed by atoms with Gasteiger partial charge in [0.05, 0.1) is 11.6 Å². The third kappa shape index (κ3) is 2.43. The van der Waals surface area contributed by atoms with Crippen LogP contribution in [0.4, 0.5) is 5.69 Å². The van der Waals surface area contributed by atoms with Crippen LogP contribution in [-0.2, 0) is 6.42 Å². The Hall–Kier alpha value is -1.81. The molecule has 0 saturated heterocycles. The first-order chi connectivity index (χ1) is 9.65. The Morgan fingerprint density at radius 3 is 3.10 bits per heavy atom. The number of carbonyl (C=O) groups excluding carboxylic acids is 1. The smallest absolute Gasteiger partial charge is 0.253 e. The average Bonchev–Trinajstić information content (AvgIpc) is 2.91. The summed E-state index contributed by atoms with van der Waals surface area (Å²) >= 11 is 1.78. The third-order valence-electron chi connectivity index (χ3n) is 3.81. The lowest BCUT2D eigenvalue weighted by Crippen LogP contribution is -2.30. The van der Waals surface area contributed by atoms with E-state index in [4.69, 9.17) is 5.73 Å². The highest BCUT2D eigenvalue weighted by atomic mass is 32.1. The lowest BCUT2D eigenvalue weighted by Gasteiger charge is -2.24. The van der Waals surface area contributed by atoms with Crippen LogP contribution in [0.5, 0.6) is 0 Å². The Morgan fingerprint density at radius 2 is 2.25 bits per heavy atom. The van der Waals surface area contributed by atoms with Crippen molar-refractivity contribution in [2.24, 2.45) is 0 Å². The van der Waals surface area contributed by atoms with Gasteiger partial charge in [-0.3, -0.25) is 4.79 Å². The maximum absolute atomic E-state index is 12.4. The van der Waals surface area contributed by atoms with Gasteiger partial charge in [0.15, 0.2) is 0 Å². The van der Waals surface area contributed by atoms with Crippen LogP contribution in [0.15, 0.2) is 29.6 Å². The first kappa shape index (κ1) is 13.2. The van der Waals surface area contributed by atoms with E-state index in [1.807, 2.05) is 19.1 Å². The van der Waals surface area contributed by atoms with Crippen molar-refractivity contribution in [3.63, 3.8) is 0 Å². The van der Waals surface area contributed by atoms with Gasteiger partial charge in [0.2, 0.25) is 0 Å². The lowest BCUT2D eigenvalue weighted by molar-refractivity contribution is 0.0934. The van der Waals surface area contributed by atoms with E-state index in [1.54, 1.807) is 17.4 Å². The summed E-state index contributed by atoms with van der Waals surface area (Å²) in [5.41, 5.74) is 9.35. The van der Waals surface area contributed by atoms with Gasteiger partial charge in [-0.1, -0.05) is 11.6 Å². The fourth-order valence-corrected chi connectivity index (χ4v) is 3.73. The van der Waals surface area contributed by atoms with Crippen molar-refractivity contribution in [1.29, 1.82) is 0 Å². The molecule has 2 aromatic rings. The topological polar surface area (TPSA) is 55.1 Å². The monoisotopic (exact) mass is 286 g/mol. The molecule has 4 heteroatoms. The summed E-state index contributed by atoms with van der Waals surface area (Å²) in [6, 6.07) is 7.81. The number of amides is 1. The van der Waals surface area contributed by atoms with E-state index < -0.39 is 0 Å². The second-order valence-electron chi connectivity index (χ2n) is 5.31. The molecule has 1 amide bonds. The molecule has 0 fully saturated rings. The molecular weight excluding hydrogens is 268 g/mol. The van der Waals surface area contributed by atoms with Crippen LogP contribution in [0.3, 0.4) is 0 Å². The molecular formula is C16H18N2OS. The van der Waals surface area contributed by atoms with Crippen molar-refractivity contribution in [1.82, 2.24) is 5.32 Å². The Labute approximate surface area is 122 Å². The molecule has 1 aromatic heterocycles. The second-order valence-corrected chi connectivity index (χ2v) is 6.31. The minimum Gasteiger partial charge on any atom is -0.398 e. The van der Waals surface area contributed by atoms with Crippen molar-refractivity contribution >= 4 is 22.9 Å². The van der Waals surface area contributed by atoms with Crippen molar-refractivity contribution < 1.29 is 4.79 Å². The molecule has 1 atom stereocenters. The van der Waals surface area contributed by atoms with E-state index >= 15 is 0 Å². The van der Waals surface area contributed by atoms with E-state index in [1.165, 1.54) is 10.4 Å². The number of nitrogen functional groups attached to an aromatic ring is 1. The normalized spacial score (nSPS) is 17.6. The van der Waals surface area contributed by atoms with Gasteiger partial charge in [0, 0.05) is 10.6 Å². The summed E-state index contributed by atoms with van der Waals surface area (Å²) in [6.45, 7) is 1.97. The maximum Gasteiger partial charge on any atom is 0.253 e. The highest BCUT2D eigenvalue weighted by molar-refractivity contribution is 7.10. The van der Waals surface area contributed by atoms with Crippen LogP contribution in [0.2, 0.25) is 0 Å². The molecule has 1 aromatic carbocycles. The van der Waals surface area contributed by atoms with Crippen LogP contribution in [0.25, 0.3) is 0 Å². The number of nitrogens with two attached hydrogens (primary N) is 1. The van der Waals surface area contributed by atoms with Gasteiger partial charge in [-0.15, -0.1) is 11.3 Å². The number of nitrogens with one attached hydrogen (secondary N) is 1. The van der Waals surface area contributed by atoms with E-state index in [0.29, 0.717) is 11.3 Å². The van der Waals surface area contributed by atoms with Gasteiger partial charge in [-0.25, -0.2) is 0 Å². The van der Waals surface area contributed by atoms with Crippen LogP contribution < -0.4 is 11.1 Å². The number of carbonyl (C=O) groups is 1. The summed E-state index contributed by atoms with van der Waals surface area (Å²) < 4.78 is 0. The number of hydrogen-bond acceptors (Lipinski definition) is 3. The molecule has 0 radical (unpaired) electrons. The van der Waals surface area contributed by atoms with Crippen molar-refractivity contribution in [2.75, 3.05) is 5.73 Å². The molecule has 3 nitrogen and oxygen atoms in total. The zero-order chi connectivity index (χ0) is 14.1. The molecule has 0 bridgehead atoms. The summed E-state index contributed by atoms with van der Waals surface area (Å²) in [7, 11) is 0. The molecule has 0 aliphatic heterocycles. The molecule has 1 heterocycles. The first-order valence-electron chi connectivity index (χ1n) is 6.88. The molecule has 104 valence electrons. The molecule has 1 unspecified atom stereocenters. The number of rotatable bonds is 2. The molecule has 0 saturated carbocycles. The van der Waals surface area contributed by atoms with Crippen LogP contribution in [-0.4, -0.2) is 5.91 Å². The van der Waals surface area contributed by atoms with E-state index in [9.17, 15) is 4.79 Å². The number of benzene rings is 1. The fourth-order valence-electron chi connectivity index (χ4n) is 2.74. The Kier molecular flexibility index (Phi) is 3.49. The second kappa shape index (κ2) is 5.29. The van der Waals surface area contributed by atoms with Crippen molar-refractivity contribution in [3.8, 4) is 0 Å². The number of hydrogen-bond donors (Lipinski definition) is 2. The van der Waals surface area contributed by atoms with Gasteiger partial charge >= 0.3 is 0 Å². The quantitative estimate of drug-likeness (QED) is 0.831. The number of thiophene rings is 1. The van der Waals surface area contributed by atoms with E-state index in [-0.39, 0.29) is 11.9 Å². The Balaban J connectivity index is 1.82. The summed E-state index contributed by atoms with van der Waals surface area (Å²) in [6.07, 6.45) is 3.26. The fraction of sp³-hybridized carbons (Fsp3) is 0.312. The molecule has 1 aliphatic carbocycles. The van der Waals surface area contributed by atoms with Gasteiger partial charge in [-0.05, 0) is 55.3 Å². The van der Waals surface area contributed by atoms with Crippen LogP contribution in [0, 0.1) is 6.92 Å². The van der Waals surface area contributed by atoms with Crippen molar-refractivity contribution in [2.45, 2.75) is 32.2 Å². The molecule has 0 spiro atoms. The highest BCUT2D eigenvalue weighted by Gasteiger charge is 2.23. The SMILES string of the molecule is Cc1ccc(N)c(C(=O)NC2CCCc3sccc32)c1. The minimum absolute atomic E-state index is 0.0738. The van der Waals surface area contributed by atoms with Crippen LogP contribution in [0.1, 0.15) is 45.2 Å². The third-order valence-corrected chi connectivity index (χ3v) is 4.81. The first-order valence-corrected chi connectivity index (χ1v) is 7.76. The maximum atomic E-state index is 12.4. The average molecular weight is 286 g/mol. The van der Waals surface area contributed by atoms with E-state index in [0.717, 1.165) is 24.8 Å². The van der Waals surface area contributed by atoms with Gasteiger partial charge in [0.25, 0.3) is 5.91 Å². The zero-order valence-corrected chi connectivity index (χ0v) is 12.3.